The van der Waals surface area contributed by atoms with Gasteiger partial charge in [0, 0.05) is 36.7 Å². The van der Waals surface area contributed by atoms with Gasteiger partial charge in [0.1, 0.15) is 12.4 Å². The number of halogens is 4. The van der Waals surface area contributed by atoms with E-state index in [1.807, 2.05) is 12.1 Å². The Morgan fingerprint density at radius 3 is 2.58 bits per heavy atom. The number of nitrogens with one attached hydrogen (secondary N) is 2. The number of nitrogens with zero attached hydrogens (tertiary/aromatic N) is 3. The van der Waals surface area contributed by atoms with E-state index in [1.165, 1.54) is 6.07 Å². The third-order valence-electron chi connectivity index (χ3n) is 3.97. The van der Waals surface area contributed by atoms with Crippen LogP contribution in [0, 0.1) is 11.6 Å². The number of guanidine groups is 1. The van der Waals surface area contributed by atoms with Crippen LogP contribution in [0.25, 0.3) is 11.4 Å². The molecule has 0 spiro atoms. The second-order valence-electron chi connectivity index (χ2n) is 6.12. The van der Waals surface area contributed by atoms with Gasteiger partial charge in [0.2, 0.25) is 11.7 Å². The Balaban J connectivity index is 0.00000341. The molecule has 1 heterocycles. The molecule has 2 N–H and O–H groups in total. The van der Waals surface area contributed by atoms with Crippen LogP contribution in [-0.2, 0) is 6.42 Å². The highest BCUT2D eigenvalue weighted by Crippen LogP contribution is 2.19. The summed E-state index contributed by atoms with van der Waals surface area (Å²) < 4.78 is 36.9. The first-order valence-corrected chi connectivity index (χ1v) is 9.54. The Morgan fingerprint density at radius 2 is 1.87 bits per heavy atom. The lowest BCUT2D eigenvalue weighted by Gasteiger charge is -2.12. The van der Waals surface area contributed by atoms with Crippen molar-refractivity contribution >= 4 is 41.5 Å². The van der Waals surface area contributed by atoms with E-state index in [2.05, 4.69) is 25.8 Å². The standard InChI is InChI=1S/C20H20ClF2N5O2.HI/c1-24-20(26-10-11-29-17-7-6-15(22)12-16(17)23)25-9-8-18-27-19(28-30-18)13-2-4-14(21)5-3-13;/h2-7,12H,8-11H2,1H3,(H2,24,25,26);1H. The quantitative estimate of drug-likeness (QED) is 0.186. The fourth-order valence-electron chi connectivity index (χ4n) is 2.50. The number of ether oxygens (including phenoxy) is 1. The first-order valence-electron chi connectivity index (χ1n) is 9.16. The molecule has 0 aliphatic carbocycles. The Morgan fingerprint density at radius 1 is 1.13 bits per heavy atom. The maximum atomic E-state index is 13.5. The molecule has 1 aromatic heterocycles. The Hall–Kier alpha value is -2.47. The molecule has 0 aliphatic heterocycles. The van der Waals surface area contributed by atoms with Gasteiger partial charge in [0.05, 0.1) is 6.54 Å². The summed E-state index contributed by atoms with van der Waals surface area (Å²) in [6.45, 7) is 1.06. The molecule has 3 aromatic rings. The third-order valence-corrected chi connectivity index (χ3v) is 4.22. The zero-order valence-electron chi connectivity index (χ0n) is 16.6. The van der Waals surface area contributed by atoms with E-state index in [4.69, 9.17) is 20.9 Å². The molecule has 0 radical (unpaired) electrons. The van der Waals surface area contributed by atoms with E-state index in [0.717, 1.165) is 17.7 Å². The maximum Gasteiger partial charge on any atom is 0.228 e. The summed E-state index contributed by atoms with van der Waals surface area (Å²) in [6, 6.07) is 10.3. The van der Waals surface area contributed by atoms with E-state index in [-0.39, 0.29) is 36.3 Å². The average Bonchev–Trinajstić information content (AvgIpc) is 3.20. The van der Waals surface area contributed by atoms with Crippen molar-refractivity contribution in [1.29, 1.82) is 0 Å². The van der Waals surface area contributed by atoms with Crippen molar-refractivity contribution in [3.05, 3.63) is 65.0 Å². The Bertz CT molecular complexity index is 1000. The summed E-state index contributed by atoms with van der Waals surface area (Å²) in [5.41, 5.74) is 0.817. The largest absolute Gasteiger partial charge is 0.489 e. The second-order valence-corrected chi connectivity index (χ2v) is 6.55. The van der Waals surface area contributed by atoms with Crippen LogP contribution >= 0.6 is 35.6 Å². The number of benzene rings is 2. The van der Waals surface area contributed by atoms with E-state index >= 15 is 0 Å². The minimum Gasteiger partial charge on any atom is -0.489 e. The fourth-order valence-corrected chi connectivity index (χ4v) is 2.63. The lowest BCUT2D eigenvalue weighted by atomic mass is 10.2. The van der Waals surface area contributed by atoms with Gasteiger partial charge in [-0.15, -0.1) is 24.0 Å². The van der Waals surface area contributed by atoms with Gasteiger partial charge in [-0.25, -0.2) is 8.78 Å². The molecule has 0 saturated heterocycles. The first-order chi connectivity index (χ1) is 14.5. The number of aromatic nitrogens is 2. The van der Waals surface area contributed by atoms with Crippen molar-refractivity contribution < 1.29 is 18.0 Å². The van der Waals surface area contributed by atoms with Crippen LogP contribution in [0.4, 0.5) is 8.78 Å². The van der Waals surface area contributed by atoms with Crippen LogP contribution in [0.2, 0.25) is 5.02 Å². The molecule has 2 aromatic carbocycles. The zero-order chi connectivity index (χ0) is 21.3. The molecular formula is C20H21ClF2IN5O2. The summed E-state index contributed by atoms with van der Waals surface area (Å²) in [5, 5.41) is 10.7. The van der Waals surface area contributed by atoms with Crippen LogP contribution < -0.4 is 15.4 Å². The maximum absolute atomic E-state index is 13.5. The molecular weight excluding hydrogens is 543 g/mol. The second kappa shape index (κ2) is 12.4. The normalized spacial score (nSPS) is 11.0. The first kappa shape index (κ1) is 24.8. The highest BCUT2D eigenvalue weighted by atomic mass is 127. The lowest BCUT2D eigenvalue weighted by molar-refractivity contribution is 0.304. The van der Waals surface area contributed by atoms with Crippen LogP contribution in [0.15, 0.2) is 52.0 Å². The summed E-state index contributed by atoms with van der Waals surface area (Å²) in [6.07, 6.45) is 0.499. The van der Waals surface area contributed by atoms with Crippen molar-refractivity contribution in [3.63, 3.8) is 0 Å². The van der Waals surface area contributed by atoms with Crippen molar-refractivity contribution in [2.75, 3.05) is 26.7 Å². The lowest BCUT2D eigenvalue weighted by Crippen LogP contribution is -2.40. The summed E-state index contributed by atoms with van der Waals surface area (Å²) in [5.74, 6) is 0.121. The monoisotopic (exact) mass is 563 g/mol. The van der Waals surface area contributed by atoms with Crippen molar-refractivity contribution in [2.24, 2.45) is 4.99 Å². The van der Waals surface area contributed by atoms with Gasteiger partial charge in [-0.1, -0.05) is 16.8 Å². The van der Waals surface area contributed by atoms with Gasteiger partial charge >= 0.3 is 0 Å². The Labute approximate surface area is 200 Å². The summed E-state index contributed by atoms with van der Waals surface area (Å²) >= 11 is 5.88. The molecule has 0 saturated carbocycles. The Kier molecular flexibility index (Phi) is 9.92. The van der Waals surface area contributed by atoms with Crippen LogP contribution in [0.1, 0.15) is 5.89 Å². The van der Waals surface area contributed by atoms with Gasteiger partial charge in [0.25, 0.3) is 0 Å². The minimum atomic E-state index is -0.741. The van der Waals surface area contributed by atoms with Gasteiger partial charge in [-0.2, -0.15) is 4.98 Å². The molecule has 0 aliphatic rings. The fraction of sp³-hybridized carbons (Fsp3) is 0.250. The molecule has 0 atom stereocenters. The van der Waals surface area contributed by atoms with Gasteiger partial charge < -0.3 is 19.9 Å². The van der Waals surface area contributed by atoms with Crippen molar-refractivity contribution in [3.8, 4) is 17.1 Å². The molecule has 166 valence electrons. The third kappa shape index (κ3) is 7.62. The smallest absolute Gasteiger partial charge is 0.228 e. The van der Waals surface area contributed by atoms with E-state index in [1.54, 1.807) is 19.2 Å². The molecule has 7 nitrogen and oxygen atoms in total. The van der Waals surface area contributed by atoms with Crippen molar-refractivity contribution in [2.45, 2.75) is 6.42 Å². The topological polar surface area (TPSA) is 84.6 Å². The SMILES string of the molecule is CN=C(NCCOc1ccc(F)cc1F)NCCc1nc(-c2ccc(Cl)cc2)no1.I. The molecule has 0 amide bonds. The van der Waals surface area contributed by atoms with Crippen LogP contribution in [0.5, 0.6) is 5.75 Å². The van der Waals surface area contributed by atoms with Crippen molar-refractivity contribution in [1.82, 2.24) is 20.8 Å². The molecule has 3 rings (SSSR count). The van der Waals surface area contributed by atoms with Gasteiger partial charge in [0.15, 0.2) is 17.5 Å². The molecule has 0 bridgehead atoms. The predicted molar refractivity (Wildman–Crippen MR) is 125 cm³/mol. The number of aliphatic imine (C=N–C) groups is 1. The van der Waals surface area contributed by atoms with Gasteiger partial charge in [-0.05, 0) is 36.4 Å². The highest BCUT2D eigenvalue weighted by Gasteiger charge is 2.09. The molecule has 31 heavy (non-hydrogen) atoms. The highest BCUT2D eigenvalue weighted by molar-refractivity contribution is 14.0. The number of hydrogen-bond acceptors (Lipinski definition) is 5. The summed E-state index contributed by atoms with van der Waals surface area (Å²) in [4.78, 5) is 8.44. The zero-order valence-corrected chi connectivity index (χ0v) is 19.7. The van der Waals surface area contributed by atoms with E-state index < -0.39 is 11.6 Å². The number of rotatable bonds is 8. The minimum absolute atomic E-state index is 0. The predicted octanol–water partition coefficient (Wildman–Crippen LogP) is 4.07. The molecule has 0 fully saturated rings. The van der Waals surface area contributed by atoms with Gasteiger partial charge in [-0.3, -0.25) is 4.99 Å². The summed E-state index contributed by atoms with van der Waals surface area (Å²) in [7, 11) is 1.63. The molecule has 11 heteroatoms. The number of hydrogen-bond donors (Lipinski definition) is 2. The average molecular weight is 564 g/mol. The van der Waals surface area contributed by atoms with E-state index in [0.29, 0.717) is 42.2 Å². The van der Waals surface area contributed by atoms with Crippen LogP contribution in [-0.4, -0.2) is 42.8 Å². The molecule has 0 unspecified atom stereocenters. The van der Waals surface area contributed by atoms with Crippen LogP contribution in [0.3, 0.4) is 0 Å². The van der Waals surface area contributed by atoms with E-state index in [9.17, 15) is 8.78 Å².